The number of carbonyl (C=O) groups excluding carboxylic acids is 2. The Morgan fingerprint density at radius 1 is 1.18 bits per heavy atom. The van der Waals surface area contributed by atoms with Crippen molar-refractivity contribution in [3.63, 3.8) is 0 Å². The molecule has 9 nitrogen and oxygen atoms in total. The number of alkyl carbamates (subject to hydrolysis) is 1. The van der Waals surface area contributed by atoms with Gasteiger partial charge in [-0.25, -0.2) is 9.59 Å². The molecule has 2 amide bonds. The van der Waals surface area contributed by atoms with Crippen LogP contribution in [0.15, 0.2) is 27.6 Å². The monoisotopic (exact) mass is 554 g/mol. The number of nitrogens with zero attached hydrogens (tertiary/aromatic N) is 1. The highest BCUT2D eigenvalue weighted by Gasteiger charge is 2.67. The van der Waals surface area contributed by atoms with E-state index in [1.807, 2.05) is 6.07 Å². The number of aliphatic hydroxyl groups is 1. The quantitative estimate of drug-likeness (QED) is 0.511. The van der Waals surface area contributed by atoms with E-state index in [2.05, 4.69) is 30.9 Å². The van der Waals surface area contributed by atoms with E-state index in [1.54, 1.807) is 11.2 Å². The van der Waals surface area contributed by atoms with Crippen LogP contribution in [0.1, 0.15) is 76.7 Å². The molecule has 5 aliphatic rings. The molecule has 40 heavy (non-hydrogen) atoms. The summed E-state index contributed by atoms with van der Waals surface area (Å²) < 4.78 is 11.1. The third kappa shape index (κ3) is 4.57. The first kappa shape index (κ1) is 27.8. The summed E-state index contributed by atoms with van der Waals surface area (Å²) in [7, 11) is 0. The van der Waals surface area contributed by atoms with Gasteiger partial charge in [0.05, 0.1) is 18.4 Å². The molecule has 0 unspecified atom stereocenters. The van der Waals surface area contributed by atoms with Crippen LogP contribution >= 0.6 is 0 Å². The Kier molecular flexibility index (Phi) is 7.26. The fourth-order valence-corrected chi connectivity index (χ4v) is 9.45. The predicted octanol–water partition coefficient (Wildman–Crippen LogP) is 3.22. The topological polar surface area (TPSA) is 121 Å². The predicted molar refractivity (Wildman–Crippen MR) is 148 cm³/mol. The maximum atomic E-state index is 12.6. The molecule has 0 bridgehead atoms. The van der Waals surface area contributed by atoms with Crippen LogP contribution in [0.3, 0.4) is 0 Å². The van der Waals surface area contributed by atoms with Gasteiger partial charge in [0, 0.05) is 37.7 Å². The molecule has 0 aromatic carbocycles. The Morgan fingerprint density at radius 3 is 2.80 bits per heavy atom. The van der Waals surface area contributed by atoms with Crippen LogP contribution in [0.2, 0.25) is 0 Å². The van der Waals surface area contributed by atoms with Crippen LogP contribution in [-0.4, -0.2) is 66.4 Å². The van der Waals surface area contributed by atoms with Crippen molar-refractivity contribution in [2.24, 2.45) is 28.6 Å². The summed E-state index contributed by atoms with van der Waals surface area (Å²) in [6, 6.07) is 3.34. The second-order valence-electron chi connectivity index (χ2n) is 13.5. The Morgan fingerprint density at radius 2 is 2.02 bits per heavy atom. The molecule has 1 aromatic heterocycles. The molecule has 2 heterocycles. The average Bonchev–Trinajstić information content (AvgIpc) is 3.21. The summed E-state index contributed by atoms with van der Waals surface area (Å²) in [6.45, 7) is 7.36. The van der Waals surface area contributed by atoms with Gasteiger partial charge in [0.15, 0.2) is 0 Å². The maximum absolute atomic E-state index is 12.6. The van der Waals surface area contributed by atoms with E-state index in [9.17, 15) is 19.5 Å². The van der Waals surface area contributed by atoms with Crippen molar-refractivity contribution in [3.05, 3.63) is 40.8 Å². The van der Waals surface area contributed by atoms with Gasteiger partial charge in [0.25, 0.3) is 0 Å². The van der Waals surface area contributed by atoms with Crippen molar-refractivity contribution in [3.8, 4) is 0 Å². The van der Waals surface area contributed by atoms with Crippen LogP contribution in [-0.2, 0) is 9.53 Å². The molecular weight excluding hydrogens is 510 g/mol. The van der Waals surface area contributed by atoms with E-state index < -0.39 is 11.7 Å². The molecule has 4 saturated carbocycles. The Hall–Kier alpha value is -2.39. The minimum atomic E-state index is -0.774. The summed E-state index contributed by atoms with van der Waals surface area (Å²) in [5.74, 6) is 1.28. The van der Waals surface area contributed by atoms with Crippen molar-refractivity contribution in [2.45, 2.75) is 82.8 Å². The van der Waals surface area contributed by atoms with Gasteiger partial charge >= 0.3 is 11.7 Å². The minimum absolute atomic E-state index is 0.0655. The van der Waals surface area contributed by atoms with Crippen LogP contribution < -0.4 is 16.3 Å². The van der Waals surface area contributed by atoms with Crippen LogP contribution in [0.4, 0.5) is 4.79 Å². The summed E-state index contributed by atoms with van der Waals surface area (Å²) >= 11 is 0. The molecule has 5 fully saturated rings. The number of ether oxygens (including phenoxy) is 1. The van der Waals surface area contributed by atoms with Crippen molar-refractivity contribution in [1.82, 2.24) is 15.5 Å². The first-order valence-corrected chi connectivity index (χ1v) is 15.2. The van der Waals surface area contributed by atoms with Crippen LogP contribution in [0, 0.1) is 35.0 Å². The van der Waals surface area contributed by atoms with Gasteiger partial charge in [-0.05, 0) is 98.5 Å². The van der Waals surface area contributed by atoms with Crippen LogP contribution in [0.25, 0.3) is 0 Å². The Balaban J connectivity index is 1.07. The van der Waals surface area contributed by atoms with Gasteiger partial charge in [-0.3, -0.25) is 4.79 Å². The summed E-state index contributed by atoms with van der Waals surface area (Å²) in [6.07, 6.45) is 10.8. The maximum Gasteiger partial charge on any atom is 0.407 e. The highest BCUT2D eigenvalue weighted by molar-refractivity contribution is 5.79. The molecule has 8 atom stereocenters. The smallest absolute Gasteiger partial charge is 0.407 e. The lowest BCUT2D eigenvalue weighted by Gasteiger charge is -2.63. The van der Waals surface area contributed by atoms with Gasteiger partial charge in [-0.2, -0.15) is 0 Å². The molecule has 1 aliphatic heterocycles. The average molecular weight is 555 g/mol. The first-order chi connectivity index (χ1) is 19.1. The highest BCUT2D eigenvalue weighted by Crippen LogP contribution is 2.70. The standard InChI is InChI=1S/C31H44N3O6/c1-29-10-7-22(40-28(37)33-14-16-34-15-13-32-18-26(34)35)17-21(29)4-5-25-24(29)8-11-30(2)23(9-12-31(25,30)38)20-3-6-27(36)39-19-20/h3,6,9,19,21-25,32,38H,4-5,7-8,10-18H2,1-2H3,(H,33,37)/t21-,22+,23-,24+,25-,29+,30-,31+/m1/s1. The molecule has 9 heteroatoms. The lowest BCUT2D eigenvalue weighted by Crippen LogP contribution is -2.62. The molecule has 6 rings (SSSR count). The summed E-state index contributed by atoms with van der Waals surface area (Å²) in [5.41, 5.74) is -0.307. The van der Waals surface area contributed by atoms with Gasteiger partial charge in [-0.1, -0.05) is 13.8 Å². The molecule has 1 saturated heterocycles. The SMILES string of the molecule is C[C@]12CC[C@H](OC(=O)NCCN3CCNCC3=O)C[C@H]1CC[C@@H]1[C@@H]2CC[C@]2(C)[C@@H](c3ccc(=O)oc3)[CH]C[C@]12O. The third-order valence-electron chi connectivity index (χ3n) is 11.8. The number of piperazine rings is 1. The zero-order valence-electron chi connectivity index (χ0n) is 23.8. The highest BCUT2D eigenvalue weighted by atomic mass is 16.6. The first-order valence-electron chi connectivity index (χ1n) is 15.2. The normalized spacial score (nSPS) is 41.0. The zero-order valence-corrected chi connectivity index (χ0v) is 23.8. The summed E-state index contributed by atoms with van der Waals surface area (Å²) in [4.78, 5) is 37.8. The van der Waals surface area contributed by atoms with Crippen molar-refractivity contribution < 1.29 is 23.8 Å². The van der Waals surface area contributed by atoms with Gasteiger partial charge in [0.2, 0.25) is 5.91 Å². The zero-order chi connectivity index (χ0) is 28.1. The number of hydrogen-bond acceptors (Lipinski definition) is 7. The second-order valence-corrected chi connectivity index (χ2v) is 13.5. The fraction of sp³-hybridized carbons (Fsp3) is 0.742. The van der Waals surface area contributed by atoms with Gasteiger partial charge in [-0.15, -0.1) is 0 Å². The second kappa shape index (κ2) is 10.5. The molecule has 0 spiro atoms. The lowest BCUT2D eigenvalue weighted by molar-refractivity contribution is -0.205. The largest absolute Gasteiger partial charge is 0.446 e. The van der Waals surface area contributed by atoms with E-state index >= 15 is 0 Å². The van der Waals surface area contributed by atoms with E-state index in [-0.39, 0.29) is 40.3 Å². The molecule has 1 aromatic rings. The van der Waals surface area contributed by atoms with Gasteiger partial charge in [0.1, 0.15) is 6.10 Å². The fourth-order valence-electron chi connectivity index (χ4n) is 9.45. The van der Waals surface area contributed by atoms with E-state index in [0.717, 1.165) is 57.1 Å². The molecule has 219 valence electrons. The molecular formula is C31H44N3O6. The van der Waals surface area contributed by atoms with E-state index in [4.69, 9.17) is 9.15 Å². The van der Waals surface area contributed by atoms with Gasteiger partial charge < -0.3 is 29.8 Å². The van der Waals surface area contributed by atoms with E-state index in [1.165, 1.54) is 6.07 Å². The Labute approximate surface area is 236 Å². The lowest BCUT2D eigenvalue weighted by atomic mass is 9.43. The number of hydrogen-bond donors (Lipinski definition) is 3. The molecule has 3 N–H and O–H groups in total. The minimum Gasteiger partial charge on any atom is -0.446 e. The molecule has 1 radical (unpaired) electrons. The molecule has 4 aliphatic carbocycles. The van der Waals surface area contributed by atoms with Crippen LogP contribution in [0.5, 0.6) is 0 Å². The number of carbonyl (C=O) groups is 2. The van der Waals surface area contributed by atoms with E-state index in [0.29, 0.717) is 44.4 Å². The van der Waals surface area contributed by atoms with Crippen molar-refractivity contribution in [1.29, 1.82) is 0 Å². The number of nitrogens with one attached hydrogen (secondary N) is 2. The summed E-state index contributed by atoms with van der Waals surface area (Å²) in [5, 5.41) is 18.3. The number of fused-ring (bicyclic) bond motifs is 5. The van der Waals surface area contributed by atoms with Crippen molar-refractivity contribution in [2.75, 3.05) is 32.7 Å². The number of rotatable bonds is 5. The Bertz CT molecular complexity index is 1170. The number of amides is 2. The van der Waals surface area contributed by atoms with Crippen molar-refractivity contribution >= 4 is 12.0 Å². The third-order valence-corrected chi connectivity index (χ3v) is 11.8.